The van der Waals surface area contributed by atoms with Gasteiger partial charge in [-0.15, -0.1) is 0 Å². The van der Waals surface area contributed by atoms with Gasteiger partial charge in [-0.2, -0.15) is 0 Å². The van der Waals surface area contributed by atoms with Crippen molar-refractivity contribution >= 4 is 11.4 Å². The summed E-state index contributed by atoms with van der Waals surface area (Å²) in [5.41, 5.74) is 6.02. The van der Waals surface area contributed by atoms with Crippen LogP contribution < -0.4 is 19.3 Å². The molecule has 0 N–H and O–H groups in total. The Hall–Kier alpha value is -3.14. The molecule has 0 bridgehead atoms. The lowest BCUT2D eigenvalue weighted by Crippen LogP contribution is -2.22. The molecular weight excluding hydrogens is 480 g/mol. The predicted octanol–water partition coefficient (Wildman–Crippen LogP) is 8.92. The molecule has 212 valence electrons. The summed E-state index contributed by atoms with van der Waals surface area (Å²) in [6, 6.07) is 24.4. The van der Waals surface area contributed by atoms with E-state index in [0.717, 1.165) is 63.4 Å². The van der Waals surface area contributed by atoms with Crippen molar-refractivity contribution < 1.29 is 9.47 Å². The summed E-state index contributed by atoms with van der Waals surface area (Å²) in [6.07, 6.45) is 4.29. The maximum absolute atomic E-state index is 6.54. The van der Waals surface area contributed by atoms with Gasteiger partial charge in [0.15, 0.2) is 0 Å². The quantitative estimate of drug-likeness (QED) is 0.128. The molecule has 4 nitrogen and oxygen atoms in total. The van der Waals surface area contributed by atoms with E-state index in [2.05, 4.69) is 118 Å². The van der Waals surface area contributed by atoms with Crippen molar-refractivity contribution in [3.8, 4) is 11.5 Å². The smallest absolute Gasteiger partial charge is 0.125 e. The van der Waals surface area contributed by atoms with Crippen LogP contribution in [0.3, 0.4) is 0 Å². The molecule has 0 aliphatic heterocycles. The van der Waals surface area contributed by atoms with Gasteiger partial charge in [-0.25, -0.2) is 0 Å². The number of nitrogens with zero attached hydrogens (tertiary/aromatic N) is 2. The highest BCUT2D eigenvalue weighted by atomic mass is 16.5. The van der Waals surface area contributed by atoms with Gasteiger partial charge in [0.2, 0.25) is 0 Å². The van der Waals surface area contributed by atoms with Crippen LogP contribution in [0.15, 0.2) is 66.7 Å². The Kier molecular flexibility index (Phi) is 12.5. The van der Waals surface area contributed by atoms with E-state index in [9.17, 15) is 0 Å². The van der Waals surface area contributed by atoms with Crippen molar-refractivity contribution in [2.75, 3.05) is 49.2 Å². The zero-order valence-electron chi connectivity index (χ0n) is 25.2. The number of anilines is 2. The lowest BCUT2D eigenvalue weighted by atomic mass is 9.83. The van der Waals surface area contributed by atoms with Gasteiger partial charge in [0.05, 0.1) is 13.2 Å². The number of rotatable bonds is 17. The molecule has 0 aromatic heterocycles. The molecule has 39 heavy (non-hydrogen) atoms. The average Bonchev–Trinajstić information content (AvgIpc) is 2.97. The molecule has 3 rings (SSSR count). The summed E-state index contributed by atoms with van der Waals surface area (Å²) in [4.78, 5) is 4.76. The van der Waals surface area contributed by atoms with Crippen LogP contribution >= 0.6 is 0 Å². The van der Waals surface area contributed by atoms with Gasteiger partial charge >= 0.3 is 0 Å². The highest BCUT2D eigenvalue weighted by Gasteiger charge is 2.25. The third kappa shape index (κ3) is 7.94. The first-order valence-corrected chi connectivity index (χ1v) is 15.2. The maximum Gasteiger partial charge on any atom is 0.125 e. The molecule has 3 aromatic carbocycles. The molecule has 0 aliphatic carbocycles. The minimum atomic E-state index is -0.00374. The molecule has 3 aromatic rings. The minimum Gasteiger partial charge on any atom is -0.493 e. The van der Waals surface area contributed by atoms with Crippen LogP contribution in [-0.2, 0) is 0 Å². The zero-order valence-corrected chi connectivity index (χ0v) is 25.2. The summed E-state index contributed by atoms with van der Waals surface area (Å²) in [5, 5.41) is 0. The molecule has 0 spiro atoms. The van der Waals surface area contributed by atoms with Gasteiger partial charge in [-0.1, -0.05) is 69.2 Å². The molecule has 0 unspecified atom stereocenters. The zero-order chi connectivity index (χ0) is 28.0. The fourth-order valence-corrected chi connectivity index (χ4v) is 5.17. The standard InChI is InChI=1S/C35H50N2O2/c1-7-13-24-38-33-26-29(36(9-3)10-4)20-22-31(33)35(28-18-16-15-17-19-28)32-23-21-30(37(11-5)12-6)27-34(32)39-25-14-8-2/h15-23,26-27,35H,7-14,24-25H2,1-6H3. The third-order valence-electron chi connectivity index (χ3n) is 7.52. The summed E-state index contributed by atoms with van der Waals surface area (Å²) in [5.74, 6) is 1.93. The maximum atomic E-state index is 6.54. The predicted molar refractivity (Wildman–Crippen MR) is 168 cm³/mol. The van der Waals surface area contributed by atoms with Gasteiger partial charge in [0.25, 0.3) is 0 Å². The van der Waals surface area contributed by atoms with E-state index in [4.69, 9.17) is 9.47 Å². The average molecular weight is 531 g/mol. The molecule has 0 fully saturated rings. The number of hydrogen-bond donors (Lipinski definition) is 0. The first-order chi connectivity index (χ1) is 19.1. The molecule has 0 saturated heterocycles. The van der Waals surface area contributed by atoms with E-state index in [1.54, 1.807) is 0 Å². The summed E-state index contributed by atoms with van der Waals surface area (Å²) < 4.78 is 13.1. The second-order valence-corrected chi connectivity index (χ2v) is 10.0. The van der Waals surface area contributed by atoms with E-state index < -0.39 is 0 Å². The first kappa shape index (κ1) is 30.4. The van der Waals surface area contributed by atoms with Crippen molar-refractivity contribution in [1.82, 2.24) is 0 Å². The van der Waals surface area contributed by atoms with Crippen LogP contribution in [0.1, 0.15) is 89.8 Å². The number of benzene rings is 3. The molecule has 0 atom stereocenters. The SMILES string of the molecule is CCCCOc1cc(N(CC)CC)ccc1C(c1ccccc1)c1ccc(N(CC)CC)cc1OCCCC. The molecular formula is C35H50N2O2. The second-order valence-electron chi connectivity index (χ2n) is 10.0. The topological polar surface area (TPSA) is 24.9 Å². The summed E-state index contributed by atoms with van der Waals surface area (Å²) >= 11 is 0. The first-order valence-electron chi connectivity index (χ1n) is 15.2. The van der Waals surface area contributed by atoms with E-state index >= 15 is 0 Å². The van der Waals surface area contributed by atoms with Crippen LogP contribution in [0.5, 0.6) is 11.5 Å². The Morgan fingerprint density at radius 2 is 1.00 bits per heavy atom. The lowest BCUT2D eigenvalue weighted by molar-refractivity contribution is 0.302. The fourth-order valence-electron chi connectivity index (χ4n) is 5.17. The molecule has 0 aliphatic rings. The highest BCUT2D eigenvalue weighted by Crippen LogP contribution is 2.43. The summed E-state index contributed by atoms with van der Waals surface area (Å²) in [7, 11) is 0. The van der Waals surface area contributed by atoms with Crippen molar-refractivity contribution in [1.29, 1.82) is 0 Å². The van der Waals surface area contributed by atoms with Crippen LogP contribution in [0.2, 0.25) is 0 Å². The van der Waals surface area contributed by atoms with Gasteiger partial charge in [-0.05, 0) is 58.2 Å². The fraction of sp³-hybridized carbons (Fsp3) is 0.486. The van der Waals surface area contributed by atoms with Gasteiger partial charge < -0.3 is 19.3 Å². The molecule has 4 heteroatoms. The Labute approximate surface area is 237 Å². The highest BCUT2D eigenvalue weighted by molar-refractivity contribution is 5.62. The van der Waals surface area contributed by atoms with E-state index in [1.165, 1.54) is 28.1 Å². The lowest BCUT2D eigenvalue weighted by Gasteiger charge is -2.28. The molecule has 0 amide bonds. The van der Waals surface area contributed by atoms with Crippen LogP contribution in [0, 0.1) is 0 Å². The Morgan fingerprint density at radius 1 is 0.564 bits per heavy atom. The van der Waals surface area contributed by atoms with Gasteiger partial charge in [0.1, 0.15) is 11.5 Å². The third-order valence-corrected chi connectivity index (χ3v) is 7.52. The van der Waals surface area contributed by atoms with Crippen molar-refractivity contribution in [3.63, 3.8) is 0 Å². The molecule has 0 saturated carbocycles. The second kappa shape index (κ2) is 16.1. The monoisotopic (exact) mass is 530 g/mol. The van der Waals surface area contributed by atoms with Gasteiger partial charge in [0, 0.05) is 66.7 Å². The minimum absolute atomic E-state index is 0.00374. The van der Waals surface area contributed by atoms with E-state index in [0.29, 0.717) is 13.2 Å². The number of ether oxygens (including phenoxy) is 2. The largest absolute Gasteiger partial charge is 0.493 e. The van der Waals surface area contributed by atoms with E-state index in [1.807, 2.05) is 0 Å². The van der Waals surface area contributed by atoms with Crippen molar-refractivity contribution in [2.45, 2.75) is 73.1 Å². The molecule has 0 radical (unpaired) electrons. The van der Waals surface area contributed by atoms with Crippen LogP contribution in [0.4, 0.5) is 11.4 Å². The molecule has 0 heterocycles. The van der Waals surface area contributed by atoms with Gasteiger partial charge in [-0.3, -0.25) is 0 Å². The summed E-state index contributed by atoms with van der Waals surface area (Å²) in [6.45, 7) is 18.5. The Morgan fingerprint density at radius 3 is 1.38 bits per heavy atom. The van der Waals surface area contributed by atoms with Crippen molar-refractivity contribution in [2.24, 2.45) is 0 Å². The number of unbranched alkanes of at least 4 members (excludes halogenated alkanes) is 2. The Bertz CT molecular complexity index is 1040. The van der Waals surface area contributed by atoms with Crippen LogP contribution in [0.25, 0.3) is 0 Å². The van der Waals surface area contributed by atoms with E-state index in [-0.39, 0.29) is 5.92 Å². The normalized spacial score (nSPS) is 11.1. The van der Waals surface area contributed by atoms with Crippen LogP contribution in [-0.4, -0.2) is 39.4 Å². The Balaban J connectivity index is 2.21. The van der Waals surface area contributed by atoms with Crippen molar-refractivity contribution in [3.05, 3.63) is 83.4 Å². The number of hydrogen-bond acceptors (Lipinski definition) is 4.